The van der Waals surface area contributed by atoms with Crippen LogP contribution < -0.4 is 4.90 Å². The van der Waals surface area contributed by atoms with Crippen molar-refractivity contribution < 1.29 is 14.7 Å². The van der Waals surface area contributed by atoms with Crippen molar-refractivity contribution in [3.05, 3.63) is 80.0 Å². The third-order valence-electron chi connectivity index (χ3n) is 6.02. The minimum Gasteiger partial charge on any atom is -0.503 e. The smallest absolute Gasteiger partial charge is 0.296 e. The number of nitrogens with zero attached hydrogens (tertiary/aromatic N) is 3. The molecule has 1 aliphatic heterocycles. The molecular weight excluding hydrogens is 499 g/mol. The van der Waals surface area contributed by atoms with Crippen molar-refractivity contribution in [2.45, 2.75) is 38.6 Å². The number of carbonyl (C=O) groups is 2. The number of carbonyl (C=O) groups excluding carboxylic acids is 2. The van der Waals surface area contributed by atoms with E-state index in [9.17, 15) is 14.7 Å². The van der Waals surface area contributed by atoms with E-state index < -0.39 is 17.7 Å². The number of hydrogen-bond donors (Lipinski definition) is 1. The van der Waals surface area contributed by atoms with Gasteiger partial charge in [-0.1, -0.05) is 29.5 Å². The maximum absolute atomic E-state index is 13.7. The topological polar surface area (TPSA) is 83.4 Å². The maximum Gasteiger partial charge on any atom is 0.296 e. The number of anilines is 1. The number of hydrogen-bond acceptors (Lipinski definition) is 8. The van der Waals surface area contributed by atoms with Gasteiger partial charge in [0.15, 0.2) is 10.9 Å². The van der Waals surface area contributed by atoms with Gasteiger partial charge in [0.05, 0.1) is 37.4 Å². The molecule has 0 aliphatic carbocycles. The molecule has 0 fully saturated rings. The minimum absolute atomic E-state index is 0.0609. The van der Waals surface area contributed by atoms with E-state index in [1.54, 1.807) is 18.7 Å². The molecule has 0 bridgehead atoms. The van der Waals surface area contributed by atoms with E-state index in [1.165, 1.54) is 27.6 Å². The Bertz CT molecular complexity index is 1530. The van der Waals surface area contributed by atoms with Crippen molar-refractivity contribution >= 4 is 61.5 Å². The van der Waals surface area contributed by atoms with Crippen LogP contribution in [0.2, 0.25) is 0 Å². The number of aromatic nitrogens is 2. The molecule has 1 amide bonds. The van der Waals surface area contributed by atoms with Gasteiger partial charge in [-0.25, -0.2) is 9.97 Å². The van der Waals surface area contributed by atoms with E-state index in [1.807, 2.05) is 57.4 Å². The number of benzene rings is 2. The summed E-state index contributed by atoms with van der Waals surface area (Å²) in [6.07, 6.45) is 1.99. The van der Waals surface area contributed by atoms with Crippen molar-refractivity contribution in [3.8, 4) is 0 Å². The summed E-state index contributed by atoms with van der Waals surface area (Å²) in [5, 5.41) is 12.3. The highest BCUT2D eigenvalue weighted by Crippen LogP contribution is 2.45. The first kappa shape index (κ1) is 23.7. The Labute approximate surface area is 215 Å². The largest absolute Gasteiger partial charge is 0.503 e. The van der Waals surface area contributed by atoms with Gasteiger partial charge in [0, 0.05) is 4.90 Å². The van der Waals surface area contributed by atoms with Gasteiger partial charge in [0.1, 0.15) is 0 Å². The first-order valence-electron chi connectivity index (χ1n) is 11.0. The molecule has 6 nitrogen and oxygen atoms in total. The van der Waals surface area contributed by atoms with Crippen LogP contribution in [0.4, 0.5) is 5.13 Å². The third-order valence-corrected chi connectivity index (χ3v) is 8.84. The highest BCUT2D eigenvalue weighted by atomic mass is 32.2. The number of thioether (sulfide) groups is 1. The van der Waals surface area contributed by atoms with E-state index >= 15 is 0 Å². The molecule has 1 atom stereocenters. The molecule has 1 N–H and O–H groups in total. The van der Waals surface area contributed by atoms with Gasteiger partial charge < -0.3 is 5.11 Å². The summed E-state index contributed by atoms with van der Waals surface area (Å²) in [7, 11) is 0. The summed E-state index contributed by atoms with van der Waals surface area (Å²) < 4.78 is 0.954. The van der Waals surface area contributed by atoms with Crippen LogP contribution in [0, 0.1) is 27.7 Å². The fraction of sp³-hybridized carbons (Fsp3) is 0.231. The fourth-order valence-electron chi connectivity index (χ4n) is 4.46. The van der Waals surface area contributed by atoms with Crippen LogP contribution in [-0.2, 0) is 4.79 Å². The number of amides is 1. The van der Waals surface area contributed by atoms with E-state index in [4.69, 9.17) is 4.98 Å². The molecule has 9 heteroatoms. The Hall–Kier alpha value is -3.01. The van der Waals surface area contributed by atoms with Gasteiger partial charge in [0.2, 0.25) is 5.78 Å². The zero-order chi connectivity index (χ0) is 25.0. The lowest BCUT2D eigenvalue weighted by Gasteiger charge is -2.24. The van der Waals surface area contributed by atoms with E-state index in [-0.39, 0.29) is 11.4 Å². The number of Topliss-reactive ketones (excluding diaryl/α,β-unsaturated/α-hetero) is 1. The molecule has 4 aromatic rings. The number of aliphatic hydroxyl groups excluding tert-OH is 1. The predicted octanol–water partition coefficient (Wildman–Crippen LogP) is 6.49. The molecule has 3 heterocycles. The molecule has 0 spiro atoms. The quantitative estimate of drug-likeness (QED) is 0.239. The van der Waals surface area contributed by atoms with Gasteiger partial charge in [-0.05, 0) is 68.8 Å². The predicted molar refractivity (Wildman–Crippen MR) is 143 cm³/mol. The molecule has 0 saturated heterocycles. The molecule has 0 radical (unpaired) electrons. The normalized spacial score (nSPS) is 16.1. The molecule has 0 saturated carbocycles. The standard InChI is InChI=1S/C26H23N3O3S3/c1-12-10-13(2)20-18(11-12)35-26(28-20)29-21(16-6-8-17(33-5)9-7-16)19(23(31)25(29)32)22(30)24-14(3)27-15(4)34-24/h6-11,21,31H,1-5H3. The minimum atomic E-state index is -0.797. The molecule has 178 valence electrons. The van der Waals surface area contributed by atoms with Crippen molar-refractivity contribution in [3.63, 3.8) is 0 Å². The summed E-state index contributed by atoms with van der Waals surface area (Å²) in [6, 6.07) is 11.0. The first-order valence-corrected chi connectivity index (χ1v) is 13.8. The lowest BCUT2D eigenvalue weighted by Crippen LogP contribution is -2.31. The van der Waals surface area contributed by atoms with Gasteiger partial charge >= 0.3 is 0 Å². The fourth-order valence-corrected chi connectivity index (χ4v) is 6.91. The molecule has 35 heavy (non-hydrogen) atoms. The SMILES string of the molecule is CSc1ccc(C2C(C(=O)c3sc(C)nc3C)=C(O)C(=O)N2c2nc3c(C)cc(C)cc3s2)cc1. The third kappa shape index (κ3) is 3.97. The van der Waals surface area contributed by atoms with Gasteiger partial charge in [-0.3, -0.25) is 14.5 Å². The average molecular weight is 522 g/mol. The van der Waals surface area contributed by atoms with E-state index in [0.717, 1.165) is 36.8 Å². The summed E-state index contributed by atoms with van der Waals surface area (Å²) in [5.74, 6) is -1.54. The zero-order valence-corrected chi connectivity index (χ0v) is 22.3. The van der Waals surface area contributed by atoms with E-state index in [2.05, 4.69) is 11.1 Å². The van der Waals surface area contributed by atoms with Crippen LogP contribution >= 0.6 is 34.4 Å². The second-order valence-electron chi connectivity index (χ2n) is 8.51. The maximum atomic E-state index is 13.7. The summed E-state index contributed by atoms with van der Waals surface area (Å²) in [5.41, 5.74) is 4.31. The van der Waals surface area contributed by atoms with Crippen molar-refractivity contribution in [2.75, 3.05) is 11.2 Å². The van der Waals surface area contributed by atoms with Crippen LogP contribution in [0.5, 0.6) is 0 Å². The Morgan fingerprint density at radius 3 is 2.40 bits per heavy atom. The van der Waals surface area contributed by atoms with Crippen LogP contribution in [-0.4, -0.2) is 33.0 Å². The van der Waals surface area contributed by atoms with Crippen molar-refractivity contribution in [1.82, 2.24) is 9.97 Å². The number of ketones is 1. The number of rotatable bonds is 5. The number of thiazole rings is 2. The summed E-state index contributed by atoms with van der Waals surface area (Å²) >= 11 is 4.26. The molecule has 1 unspecified atom stereocenters. The van der Waals surface area contributed by atoms with Crippen molar-refractivity contribution in [1.29, 1.82) is 0 Å². The summed E-state index contributed by atoms with van der Waals surface area (Å²) in [6.45, 7) is 7.61. The molecule has 2 aromatic carbocycles. The summed E-state index contributed by atoms with van der Waals surface area (Å²) in [4.78, 5) is 39.3. The number of aryl methyl sites for hydroxylation is 4. The number of aliphatic hydroxyl groups is 1. The Morgan fingerprint density at radius 1 is 1.06 bits per heavy atom. The Balaban J connectivity index is 1.69. The monoisotopic (exact) mass is 521 g/mol. The van der Waals surface area contributed by atoms with Crippen LogP contribution in [0.3, 0.4) is 0 Å². The lowest BCUT2D eigenvalue weighted by atomic mass is 9.95. The Morgan fingerprint density at radius 2 is 1.77 bits per heavy atom. The second kappa shape index (κ2) is 8.89. The average Bonchev–Trinajstić information content (AvgIpc) is 3.47. The molecule has 5 rings (SSSR count). The van der Waals surface area contributed by atoms with Crippen LogP contribution in [0.25, 0.3) is 10.2 Å². The van der Waals surface area contributed by atoms with Crippen molar-refractivity contribution in [2.24, 2.45) is 0 Å². The van der Waals surface area contributed by atoms with Gasteiger partial charge in [-0.15, -0.1) is 23.1 Å². The Kier molecular flexibility index (Phi) is 6.03. The van der Waals surface area contributed by atoms with Crippen LogP contribution in [0.15, 0.2) is 52.6 Å². The van der Waals surface area contributed by atoms with E-state index in [0.29, 0.717) is 15.7 Å². The van der Waals surface area contributed by atoms with Crippen LogP contribution in [0.1, 0.15) is 43.1 Å². The zero-order valence-electron chi connectivity index (χ0n) is 19.9. The number of fused-ring (bicyclic) bond motifs is 1. The van der Waals surface area contributed by atoms with Gasteiger partial charge in [0.25, 0.3) is 5.91 Å². The lowest BCUT2D eigenvalue weighted by molar-refractivity contribution is -0.117. The molecule has 1 aliphatic rings. The molecular formula is C26H23N3O3S3. The van der Waals surface area contributed by atoms with Gasteiger partial charge in [-0.2, -0.15) is 0 Å². The second-order valence-corrected chi connectivity index (χ2v) is 11.6. The highest BCUT2D eigenvalue weighted by Gasteiger charge is 2.46. The first-order chi connectivity index (χ1) is 16.7. The highest BCUT2D eigenvalue weighted by molar-refractivity contribution is 7.98. The molecule has 2 aromatic heterocycles.